The fraction of sp³-hybridized carbons (Fsp3) is 0.611. The molecule has 1 aromatic rings. The minimum atomic E-state index is -0.509. The molecule has 1 fully saturated rings. The van der Waals surface area contributed by atoms with E-state index < -0.39 is 6.10 Å². The predicted octanol–water partition coefficient (Wildman–Crippen LogP) is 1.47. The molecule has 0 aliphatic carbocycles. The summed E-state index contributed by atoms with van der Waals surface area (Å²) in [4.78, 5) is 19.2. The summed E-state index contributed by atoms with van der Waals surface area (Å²) in [6.45, 7) is 6.33. The van der Waals surface area contributed by atoms with Crippen LogP contribution in [0.15, 0.2) is 30.3 Å². The van der Waals surface area contributed by atoms with Crippen molar-refractivity contribution in [1.29, 1.82) is 0 Å². The highest BCUT2D eigenvalue weighted by molar-refractivity contribution is 5.82. The van der Waals surface area contributed by atoms with Gasteiger partial charge in [-0.25, -0.2) is 0 Å². The number of methoxy groups -OCH3 is 1. The molecule has 0 radical (unpaired) electrons. The summed E-state index contributed by atoms with van der Waals surface area (Å²) in [5, 5.41) is 0. The van der Waals surface area contributed by atoms with Gasteiger partial charge in [0.05, 0.1) is 0 Å². The van der Waals surface area contributed by atoms with Crippen molar-refractivity contribution in [3.05, 3.63) is 35.9 Å². The molecule has 128 valence electrons. The third-order valence-corrected chi connectivity index (χ3v) is 4.50. The number of amides is 1. The van der Waals surface area contributed by atoms with Crippen molar-refractivity contribution >= 4 is 5.91 Å². The maximum absolute atomic E-state index is 12.6. The van der Waals surface area contributed by atoms with Gasteiger partial charge in [0.2, 0.25) is 0 Å². The Labute approximate surface area is 139 Å². The maximum atomic E-state index is 12.6. The van der Waals surface area contributed by atoms with Crippen LogP contribution in [0.25, 0.3) is 0 Å². The molecule has 0 unspecified atom stereocenters. The second kappa shape index (κ2) is 9.01. The Morgan fingerprint density at radius 3 is 2.48 bits per heavy atom. The van der Waals surface area contributed by atoms with E-state index in [2.05, 4.69) is 16.8 Å². The molecule has 0 saturated carbocycles. The second-order valence-corrected chi connectivity index (χ2v) is 6.28. The van der Waals surface area contributed by atoms with Gasteiger partial charge in [-0.2, -0.15) is 0 Å². The van der Waals surface area contributed by atoms with E-state index in [-0.39, 0.29) is 5.91 Å². The van der Waals surface area contributed by atoms with Crippen molar-refractivity contribution in [1.82, 2.24) is 14.7 Å². The predicted molar refractivity (Wildman–Crippen MR) is 92.4 cm³/mol. The van der Waals surface area contributed by atoms with Crippen LogP contribution < -0.4 is 0 Å². The van der Waals surface area contributed by atoms with Crippen molar-refractivity contribution in [3.63, 3.8) is 0 Å². The molecule has 23 heavy (non-hydrogen) atoms. The smallest absolute Gasteiger partial charge is 0.256 e. The Hall–Kier alpha value is -1.43. The monoisotopic (exact) mass is 319 g/mol. The first-order chi connectivity index (χ1) is 11.1. The van der Waals surface area contributed by atoms with Gasteiger partial charge in [-0.05, 0) is 25.6 Å². The van der Waals surface area contributed by atoms with E-state index in [1.165, 1.54) is 0 Å². The molecule has 0 spiro atoms. The first-order valence-corrected chi connectivity index (χ1v) is 8.35. The number of benzene rings is 1. The van der Waals surface area contributed by atoms with E-state index >= 15 is 0 Å². The number of hydrogen-bond donors (Lipinski definition) is 0. The Bertz CT molecular complexity index is 472. The molecular weight excluding hydrogens is 290 g/mol. The van der Waals surface area contributed by atoms with Crippen molar-refractivity contribution < 1.29 is 9.53 Å². The minimum absolute atomic E-state index is 0.0251. The quantitative estimate of drug-likeness (QED) is 0.762. The molecule has 1 atom stereocenters. The molecule has 2 rings (SSSR count). The molecule has 1 saturated heterocycles. The fourth-order valence-electron chi connectivity index (χ4n) is 2.92. The number of piperazine rings is 1. The number of rotatable bonds is 7. The van der Waals surface area contributed by atoms with Gasteiger partial charge in [0.1, 0.15) is 0 Å². The standard InChI is InChI=1S/C18H29N3O2/c1-19-12-14-21(15-13-19)11-7-10-20(2)18(22)17(23-3)16-8-5-4-6-9-16/h4-6,8-9,17H,7,10-15H2,1-3H3/t17-/m1/s1. The van der Waals surface area contributed by atoms with Crippen LogP contribution in [-0.2, 0) is 9.53 Å². The number of hydrogen-bond acceptors (Lipinski definition) is 4. The van der Waals surface area contributed by atoms with E-state index in [4.69, 9.17) is 4.74 Å². The molecule has 5 nitrogen and oxygen atoms in total. The zero-order chi connectivity index (χ0) is 16.7. The lowest BCUT2D eigenvalue weighted by Gasteiger charge is -2.32. The van der Waals surface area contributed by atoms with E-state index in [1.807, 2.05) is 37.4 Å². The van der Waals surface area contributed by atoms with Gasteiger partial charge in [0, 0.05) is 46.9 Å². The molecule has 1 aliphatic rings. The van der Waals surface area contributed by atoms with E-state index in [9.17, 15) is 4.79 Å². The minimum Gasteiger partial charge on any atom is -0.367 e. The van der Waals surface area contributed by atoms with Gasteiger partial charge in [-0.15, -0.1) is 0 Å². The lowest BCUT2D eigenvalue weighted by molar-refractivity contribution is -0.141. The third kappa shape index (κ3) is 5.30. The number of carbonyl (C=O) groups excluding carboxylic acids is 1. The number of nitrogens with zero attached hydrogens (tertiary/aromatic N) is 3. The number of likely N-dealkylation sites (N-methyl/N-ethyl adjacent to an activating group) is 2. The van der Waals surface area contributed by atoms with Crippen LogP contribution >= 0.6 is 0 Å². The highest BCUT2D eigenvalue weighted by atomic mass is 16.5. The largest absolute Gasteiger partial charge is 0.367 e. The molecule has 1 heterocycles. The van der Waals surface area contributed by atoms with Crippen LogP contribution in [0.3, 0.4) is 0 Å². The Morgan fingerprint density at radius 1 is 1.22 bits per heavy atom. The Balaban J connectivity index is 1.78. The first-order valence-electron chi connectivity index (χ1n) is 8.35. The highest BCUT2D eigenvalue weighted by Crippen LogP contribution is 2.18. The second-order valence-electron chi connectivity index (χ2n) is 6.28. The van der Waals surface area contributed by atoms with Crippen LogP contribution in [-0.4, -0.2) is 81.1 Å². The third-order valence-electron chi connectivity index (χ3n) is 4.50. The van der Waals surface area contributed by atoms with Crippen molar-refractivity contribution in [2.75, 3.05) is 60.5 Å². The van der Waals surface area contributed by atoms with Gasteiger partial charge < -0.3 is 19.4 Å². The van der Waals surface area contributed by atoms with Gasteiger partial charge in [-0.3, -0.25) is 4.79 Å². The summed E-state index contributed by atoms with van der Waals surface area (Å²) in [5.41, 5.74) is 0.908. The van der Waals surface area contributed by atoms with Crippen LogP contribution in [0, 0.1) is 0 Å². The topological polar surface area (TPSA) is 36.0 Å². The SMILES string of the molecule is CO[C@@H](C(=O)N(C)CCCN1CCN(C)CC1)c1ccccc1. The summed E-state index contributed by atoms with van der Waals surface area (Å²) in [6, 6.07) is 9.68. The lowest BCUT2D eigenvalue weighted by atomic mass is 10.1. The lowest BCUT2D eigenvalue weighted by Crippen LogP contribution is -2.45. The molecule has 0 aromatic heterocycles. The Morgan fingerprint density at radius 2 is 1.87 bits per heavy atom. The summed E-state index contributed by atoms with van der Waals surface area (Å²) in [6.07, 6.45) is 0.488. The zero-order valence-corrected chi connectivity index (χ0v) is 14.6. The van der Waals surface area contributed by atoms with E-state index in [1.54, 1.807) is 12.0 Å². The molecule has 1 amide bonds. The first kappa shape index (κ1) is 17.9. The molecule has 0 bridgehead atoms. The summed E-state index contributed by atoms with van der Waals surface area (Å²) in [7, 11) is 5.62. The highest BCUT2D eigenvalue weighted by Gasteiger charge is 2.23. The van der Waals surface area contributed by atoms with Crippen LogP contribution in [0.1, 0.15) is 18.1 Å². The van der Waals surface area contributed by atoms with Gasteiger partial charge in [0.25, 0.3) is 5.91 Å². The van der Waals surface area contributed by atoms with Gasteiger partial charge in [0.15, 0.2) is 6.10 Å². The van der Waals surface area contributed by atoms with E-state index in [0.29, 0.717) is 0 Å². The van der Waals surface area contributed by atoms with Crippen molar-refractivity contribution in [2.24, 2.45) is 0 Å². The molecule has 1 aliphatic heterocycles. The average Bonchev–Trinajstić information content (AvgIpc) is 2.58. The summed E-state index contributed by atoms with van der Waals surface area (Å²) >= 11 is 0. The van der Waals surface area contributed by atoms with Crippen LogP contribution in [0.5, 0.6) is 0 Å². The van der Waals surface area contributed by atoms with Crippen LogP contribution in [0.2, 0.25) is 0 Å². The molecule has 1 aromatic carbocycles. The normalized spacial score (nSPS) is 17.9. The van der Waals surface area contributed by atoms with Gasteiger partial charge in [-0.1, -0.05) is 30.3 Å². The fourth-order valence-corrected chi connectivity index (χ4v) is 2.92. The summed E-state index contributed by atoms with van der Waals surface area (Å²) in [5.74, 6) is 0.0251. The van der Waals surface area contributed by atoms with Crippen molar-refractivity contribution in [3.8, 4) is 0 Å². The molecule has 5 heteroatoms. The average molecular weight is 319 g/mol. The Kier molecular flexibility index (Phi) is 7.02. The van der Waals surface area contributed by atoms with Gasteiger partial charge >= 0.3 is 0 Å². The summed E-state index contributed by atoms with van der Waals surface area (Å²) < 4.78 is 5.42. The van der Waals surface area contributed by atoms with E-state index in [0.717, 1.165) is 51.3 Å². The number of ether oxygens (including phenoxy) is 1. The maximum Gasteiger partial charge on any atom is 0.256 e. The molecular formula is C18H29N3O2. The zero-order valence-electron chi connectivity index (χ0n) is 14.6. The van der Waals surface area contributed by atoms with Crippen LogP contribution in [0.4, 0.5) is 0 Å². The van der Waals surface area contributed by atoms with Crippen molar-refractivity contribution in [2.45, 2.75) is 12.5 Å². The molecule has 0 N–H and O–H groups in total. The number of carbonyl (C=O) groups is 1.